The van der Waals surface area contributed by atoms with Gasteiger partial charge in [0.25, 0.3) is 20.2 Å². The Bertz CT molecular complexity index is 3780. The summed E-state index contributed by atoms with van der Waals surface area (Å²) in [5.41, 5.74) is 11.6. The van der Waals surface area contributed by atoms with Gasteiger partial charge in [-0.15, -0.1) is 15.3 Å². The number of fused-ring (bicyclic) bond motifs is 1. The Hall–Kier alpha value is -8.55. The van der Waals surface area contributed by atoms with Crippen molar-refractivity contribution < 1.29 is 48.3 Å². The number of benzene rings is 5. The molecule has 10 N–H and O–H groups in total. The van der Waals surface area contributed by atoms with Crippen LogP contribution in [-0.4, -0.2) is 82.4 Å². The molecule has 31 heteroatoms. The molecule has 0 radical (unpaired) electrons. The molecular weight excluding hydrogens is 1050 g/mol. The second-order valence-corrected chi connectivity index (χ2v) is 20.5. The van der Waals surface area contributed by atoms with E-state index in [2.05, 4.69) is 78.2 Å². The quantitative estimate of drug-likeness (QED) is 0.0281. The summed E-state index contributed by atoms with van der Waals surface area (Å²) in [4.78, 5) is 47.2. The fourth-order valence-corrected chi connectivity index (χ4v) is 9.00. The number of nitrogens with two attached hydrogens (primary N) is 2. The van der Waals surface area contributed by atoms with E-state index in [0.29, 0.717) is 23.4 Å². The zero-order valence-corrected chi connectivity index (χ0v) is 41.1. The Balaban J connectivity index is 1.02. The summed E-state index contributed by atoms with van der Waals surface area (Å²) >= 11 is 6.24. The van der Waals surface area contributed by atoms with Crippen molar-refractivity contribution in [2.24, 2.45) is 31.9 Å². The molecule has 0 bridgehead atoms. The summed E-state index contributed by atoms with van der Waals surface area (Å²) in [5.74, 6) is 0.132. The zero-order chi connectivity index (χ0) is 53.5. The van der Waals surface area contributed by atoms with Gasteiger partial charge in [-0.3, -0.25) is 9.11 Å². The van der Waals surface area contributed by atoms with Crippen molar-refractivity contribution in [2.75, 3.05) is 21.3 Å². The van der Waals surface area contributed by atoms with Crippen LogP contribution >= 0.6 is 11.6 Å². The fraction of sp³-hybridized carbons (Fsp3) is 0.116. The minimum absolute atomic E-state index is 0.00351. The van der Waals surface area contributed by atoms with E-state index in [9.17, 15) is 48.3 Å². The van der Waals surface area contributed by atoms with Crippen LogP contribution in [0.25, 0.3) is 10.8 Å². The first kappa shape index (κ1) is 53.3. The molecule has 0 aliphatic carbocycles. The van der Waals surface area contributed by atoms with Crippen LogP contribution < -0.4 is 32.7 Å². The molecule has 1 atom stereocenters. The molecule has 382 valence electrons. The number of nitrogens with one attached hydrogen (secondary N) is 4. The zero-order valence-electron chi connectivity index (χ0n) is 37.9. The summed E-state index contributed by atoms with van der Waals surface area (Å²) in [6.45, 7) is 5.08. The monoisotopic (exact) mass is 1090 g/mol. The lowest BCUT2D eigenvalue weighted by Crippen LogP contribution is -2.20. The molecule has 0 aliphatic heterocycles. The van der Waals surface area contributed by atoms with Gasteiger partial charge in [0.1, 0.15) is 38.5 Å². The van der Waals surface area contributed by atoms with Crippen LogP contribution in [0.15, 0.2) is 138 Å². The van der Waals surface area contributed by atoms with Gasteiger partial charge < -0.3 is 32.7 Å². The number of sulfone groups is 1. The highest BCUT2D eigenvalue weighted by molar-refractivity contribution is 7.94. The summed E-state index contributed by atoms with van der Waals surface area (Å²) < 4.78 is 107. The van der Waals surface area contributed by atoms with Gasteiger partial charge >= 0.3 is 18.1 Å². The van der Waals surface area contributed by atoms with Crippen molar-refractivity contribution >= 4 is 116 Å². The maximum atomic E-state index is 14.8. The first-order valence-corrected chi connectivity index (χ1v) is 25.8. The number of hydrogen-bond acceptors (Lipinski definition) is 20. The molecule has 0 aliphatic rings. The fourth-order valence-electron chi connectivity index (χ4n) is 6.79. The van der Waals surface area contributed by atoms with E-state index >= 15 is 0 Å². The molecule has 4 amide bonds. The standard InChI is InChI=1S/C43H38ClFN16O10S3/c1-3-72(64,65)27-12-9-25(10-13-27)58-59-30-15-11-26(20-32(30)51-41(47)63)49-43-56-38(44)55-42(57-43)48-22(2)7-16-36-52-37(54-39(45)53-36)18-23-8-14-29(31(17-23)50-40(46)62)60-61-33-21-28-24(19-35(33)74(69,70)71)5-4-6-34(28)73(66,67)68/h3-6,8-15,17,19-22H,1,7,16,18H2,2H3,(H3,46,50,62)(H3,47,51,63)(H,66,67,68)(H,69,70,71)(H2,48,49,55,56,57). The molecule has 1 unspecified atom stereocenters. The van der Waals surface area contributed by atoms with Gasteiger partial charge in [-0.05, 0) is 109 Å². The van der Waals surface area contributed by atoms with E-state index < -0.39 is 63.7 Å². The highest BCUT2D eigenvalue weighted by Gasteiger charge is 2.22. The van der Waals surface area contributed by atoms with Crippen LogP contribution in [0.3, 0.4) is 0 Å². The topological polar surface area (TPSA) is 404 Å². The molecule has 0 fully saturated rings. The predicted molar refractivity (Wildman–Crippen MR) is 267 cm³/mol. The maximum Gasteiger partial charge on any atom is 0.316 e. The number of rotatable bonds is 19. The van der Waals surface area contributed by atoms with E-state index in [4.69, 9.17) is 23.1 Å². The molecule has 0 saturated carbocycles. The lowest BCUT2D eigenvalue weighted by Gasteiger charge is -2.15. The number of aryl methyl sites for hydroxylation is 1. The molecule has 7 rings (SSSR count). The van der Waals surface area contributed by atoms with Crippen molar-refractivity contribution in [3.05, 3.63) is 132 Å². The largest absolute Gasteiger partial charge is 0.352 e. The molecule has 7 aromatic rings. The number of amides is 4. The Kier molecular flexibility index (Phi) is 15.9. The van der Waals surface area contributed by atoms with Crippen molar-refractivity contribution in [3.63, 3.8) is 0 Å². The van der Waals surface area contributed by atoms with Crippen LogP contribution in [0.1, 0.15) is 30.6 Å². The van der Waals surface area contributed by atoms with E-state index in [0.717, 1.165) is 23.6 Å². The summed E-state index contributed by atoms with van der Waals surface area (Å²) in [5, 5.41) is 27.6. The van der Waals surface area contributed by atoms with Crippen molar-refractivity contribution in [1.29, 1.82) is 0 Å². The number of azo groups is 2. The summed E-state index contributed by atoms with van der Waals surface area (Å²) in [7, 11) is -13.4. The Morgan fingerprint density at radius 3 is 2.01 bits per heavy atom. The number of anilines is 5. The SMILES string of the molecule is C=CS(=O)(=O)c1ccc(N=Nc2ccc(Nc3nc(Cl)nc(NC(C)CCc4nc(F)nc(Cc5ccc(N=Nc6cc7c(S(=O)(=O)O)cccc7cc6S(=O)(=O)O)c(NC(N)=O)c5)n4)n3)cc2NC(N)=O)cc1. The maximum absolute atomic E-state index is 14.8. The molecule has 2 aromatic heterocycles. The minimum Gasteiger partial charge on any atom is -0.352 e. The molecule has 2 heterocycles. The van der Waals surface area contributed by atoms with Gasteiger partial charge in [-0.2, -0.15) is 51.3 Å². The van der Waals surface area contributed by atoms with E-state index in [1.807, 2.05) is 0 Å². The van der Waals surface area contributed by atoms with Gasteiger partial charge in [0.05, 0.1) is 22.0 Å². The van der Waals surface area contributed by atoms with Gasteiger partial charge in [-0.25, -0.2) is 23.0 Å². The molecule has 0 spiro atoms. The molecule has 5 aromatic carbocycles. The third-order valence-corrected chi connectivity index (χ3v) is 13.4. The van der Waals surface area contributed by atoms with Crippen LogP contribution in [0.5, 0.6) is 0 Å². The van der Waals surface area contributed by atoms with Crippen molar-refractivity contribution in [3.8, 4) is 0 Å². The van der Waals surface area contributed by atoms with Crippen LogP contribution in [0.2, 0.25) is 5.28 Å². The Labute approximate surface area is 424 Å². The van der Waals surface area contributed by atoms with Gasteiger partial charge in [0.2, 0.25) is 17.2 Å². The summed E-state index contributed by atoms with van der Waals surface area (Å²) in [6.07, 6.45) is -0.737. The normalized spacial score (nSPS) is 12.4. The lowest BCUT2D eigenvalue weighted by atomic mass is 10.1. The van der Waals surface area contributed by atoms with Gasteiger partial charge in [0, 0.05) is 35.4 Å². The lowest BCUT2D eigenvalue weighted by molar-refractivity contribution is 0.258. The molecule has 74 heavy (non-hydrogen) atoms. The number of urea groups is 2. The average Bonchev–Trinajstić information content (AvgIpc) is 3.31. The second kappa shape index (κ2) is 22.1. The molecular formula is C43H38ClFN16O10S3. The first-order chi connectivity index (χ1) is 34.9. The highest BCUT2D eigenvalue weighted by Crippen LogP contribution is 2.36. The third-order valence-electron chi connectivity index (χ3n) is 10.1. The smallest absolute Gasteiger partial charge is 0.316 e. The number of aromatic nitrogens is 6. The van der Waals surface area contributed by atoms with E-state index in [1.54, 1.807) is 13.0 Å². The van der Waals surface area contributed by atoms with Crippen LogP contribution in [0.4, 0.5) is 65.7 Å². The van der Waals surface area contributed by atoms with Gasteiger partial charge in [-0.1, -0.05) is 24.8 Å². The molecule has 26 nitrogen and oxygen atoms in total. The third kappa shape index (κ3) is 13.9. The average molecular weight is 1090 g/mol. The first-order valence-electron chi connectivity index (χ1n) is 21.0. The predicted octanol–water partition coefficient (Wildman–Crippen LogP) is 7.99. The van der Waals surface area contributed by atoms with Crippen LogP contribution in [-0.2, 0) is 42.9 Å². The number of halogens is 2. The van der Waals surface area contributed by atoms with Crippen molar-refractivity contribution in [2.45, 2.75) is 46.9 Å². The number of carbonyl (C=O) groups is 2. The highest BCUT2D eigenvalue weighted by atomic mass is 35.5. The number of primary amides is 2. The summed E-state index contributed by atoms with van der Waals surface area (Å²) in [6, 6.07) is 17.6. The number of nitrogens with zero attached hydrogens (tertiary/aromatic N) is 10. The van der Waals surface area contributed by atoms with Gasteiger partial charge in [0.15, 0.2) is 9.84 Å². The number of hydrogen-bond donors (Lipinski definition) is 8. The van der Waals surface area contributed by atoms with E-state index in [-0.39, 0.29) is 86.1 Å². The minimum atomic E-state index is -4.96. The van der Waals surface area contributed by atoms with E-state index in [1.165, 1.54) is 66.7 Å². The molecule has 0 saturated heterocycles. The number of carbonyl (C=O) groups excluding carboxylic acids is 2. The second-order valence-electron chi connectivity index (χ2n) is 15.5. The Morgan fingerprint density at radius 1 is 0.730 bits per heavy atom. The van der Waals surface area contributed by atoms with Crippen LogP contribution in [0, 0.1) is 6.08 Å². The van der Waals surface area contributed by atoms with Crippen molar-refractivity contribution in [1.82, 2.24) is 29.9 Å². The Morgan fingerprint density at radius 2 is 1.35 bits per heavy atom.